The van der Waals surface area contributed by atoms with Crippen LogP contribution in [0.15, 0.2) is 30.5 Å². The Hall–Kier alpha value is -1.43. The molecule has 4 rings (SSSR count). The number of fused-ring (bicyclic) bond motifs is 2. The molecule has 0 saturated carbocycles. The second-order valence-electron chi connectivity index (χ2n) is 5.89. The number of hydrogen-bond donors (Lipinski definition) is 2. The second-order valence-corrected chi connectivity index (χ2v) is 7.41. The SMILES string of the molecule is O=C(NC1CC2CCC1N2)c1ccc(-c2cc(Cl)ccn2)s1. The molecule has 0 aromatic carbocycles. The summed E-state index contributed by atoms with van der Waals surface area (Å²) in [5.41, 5.74) is 0.804. The van der Waals surface area contributed by atoms with Crippen LogP contribution in [0.25, 0.3) is 10.6 Å². The van der Waals surface area contributed by atoms with E-state index in [1.807, 2.05) is 18.2 Å². The molecule has 6 heteroatoms. The standard InChI is InChI=1S/C16H16ClN3OS/c17-9-5-6-18-13(7-9)14-3-4-15(22-14)16(21)20-12-8-10-1-2-11(12)19-10/h3-7,10-12,19H,1-2,8H2,(H,20,21). The van der Waals surface area contributed by atoms with E-state index in [0.717, 1.165) is 28.3 Å². The van der Waals surface area contributed by atoms with Crippen molar-refractivity contribution in [2.24, 2.45) is 0 Å². The third kappa shape index (κ3) is 2.64. The van der Waals surface area contributed by atoms with Crippen LogP contribution in [-0.2, 0) is 0 Å². The second kappa shape index (κ2) is 5.65. The molecule has 0 radical (unpaired) electrons. The minimum absolute atomic E-state index is 0.0117. The van der Waals surface area contributed by atoms with Gasteiger partial charge in [-0.2, -0.15) is 0 Å². The van der Waals surface area contributed by atoms with Gasteiger partial charge in [-0.1, -0.05) is 11.6 Å². The molecule has 0 aliphatic carbocycles. The first-order valence-corrected chi connectivity index (χ1v) is 8.67. The Morgan fingerprint density at radius 1 is 1.36 bits per heavy atom. The molecule has 2 N–H and O–H groups in total. The maximum absolute atomic E-state index is 12.4. The fourth-order valence-electron chi connectivity index (χ4n) is 3.36. The molecular weight excluding hydrogens is 318 g/mol. The van der Waals surface area contributed by atoms with Crippen LogP contribution in [-0.4, -0.2) is 29.0 Å². The molecule has 3 unspecified atom stereocenters. The number of hydrogen-bond acceptors (Lipinski definition) is 4. The maximum atomic E-state index is 12.4. The zero-order chi connectivity index (χ0) is 15.1. The summed E-state index contributed by atoms with van der Waals surface area (Å²) >= 11 is 7.44. The zero-order valence-corrected chi connectivity index (χ0v) is 13.5. The third-order valence-electron chi connectivity index (χ3n) is 4.42. The van der Waals surface area contributed by atoms with Crippen molar-refractivity contribution in [2.45, 2.75) is 37.4 Å². The van der Waals surface area contributed by atoms with Crippen LogP contribution in [0.3, 0.4) is 0 Å². The summed E-state index contributed by atoms with van der Waals surface area (Å²) in [7, 11) is 0. The molecule has 22 heavy (non-hydrogen) atoms. The van der Waals surface area contributed by atoms with Crippen molar-refractivity contribution < 1.29 is 4.79 Å². The molecule has 2 bridgehead atoms. The first-order valence-electron chi connectivity index (χ1n) is 7.48. The summed E-state index contributed by atoms with van der Waals surface area (Å²) in [6.07, 6.45) is 5.13. The van der Waals surface area contributed by atoms with E-state index in [4.69, 9.17) is 11.6 Å². The van der Waals surface area contributed by atoms with Crippen molar-refractivity contribution >= 4 is 28.8 Å². The normalized spacial score (nSPS) is 26.3. The summed E-state index contributed by atoms with van der Waals surface area (Å²) in [4.78, 5) is 18.4. The fraction of sp³-hybridized carbons (Fsp3) is 0.375. The number of aromatic nitrogens is 1. The van der Waals surface area contributed by atoms with E-state index in [0.29, 0.717) is 17.1 Å². The first kappa shape index (κ1) is 14.2. The van der Waals surface area contributed by atoms with Gasteiger partial charge in [-0.3, -0.25) is 9.78 Å². The Morgan fingerprint density at radius 2 is 2.27 bits per heavy atom. The van der Waals surface area contributed by atoms with Gasteiger partial charge in [0.25, 0.3) is 5.91 Å². The number of carbonyl (C=O) groups is 1. The average molecular weight is 334 g/mol. The van der Waals surface area contributed by atoms with E-state index < -0.39 is 0 Å². The van der Waals surface area contributed by atoms with Crippen LogP contribution < -0.4 is 10.6 Å². The molecule has 1 amide bonds. The Bertz CT molecular complexity index is 717. The van der Waals surface area contributed by atoms with E-state index in [1.54, 1.807) is 12.3 Å². The van der Waals surface area contributed by atoms with Gasteiger partial charge < -0.3 is 10.6 Å². The van der Waals surface area contributed by atoms with Crippen LogP contribution in [0.4, 0.5) is 0 Å². The van der Waals surface area contributed by atoms with Gasteiger partial charge in [0.1, 0.15) is 0 Å². The molecule has 2 aromatic heterocycles. The molecule has 4 heterocycles. The van der Waals surface area contributed by atoms with Gasteiger partial charge in [-0.25, -0.2) is 0 Å². The first-order chi connectivity index (χ1) is 10.7. The zero-order valence-electron chi connectivity index (χ0n) is 11.9. The predicted octanol–water partition coefficient (Wildman–Crippen LogP) is 3.09. The highest BCUT2D eigenvalue weighted by molar-refractivity contribution is 7.17. The molecule has 114 valence electrons. The van der Waals surface area contributed by atoms with Crippen molar-refractivity contribution in [1.82, 2.24) is 15.6 Å². The Labute approximate surface area is 137 Å². The van der Waals surface area contributed by atoms with Gasteiger partial charge in [0.2, 0.25) is 0 Å². The smallest absolute Gasteiger partial charge is 0.261 e. The number of halogens is 1. The lowest BCUT2D eigenvalue weighted by Gasteiger charge is -2.20. The Balaban J connectivity index is 1.48. The number of thiophene rings is 1. The molecule has 4 nitrogen and oxygen atoms in total. The van der Waals surface area contributed by atoms with Crippen molar-refractivity contribution in [2.75, 3.05) is 0 Å². The molecular formula is C16H16ClN3OS. The number of rotatable bonds is 3. The summed E-state index contributed by atoms with van der Waals surface area (Å²) < 4.78 is 0. The van der Waals surface area contributed by atoms with Gasteiger partial charge in [-0.15, -0.1) is 11.3 Å². The lowest BCUT2D eigenvalue weighted by molar-refractivity contribution is 0.0935. The van der Waals surface area contributed by atoms with Gasteiger partial charge in [0.15, 0.2) is 0 Å². The molecule has 2 saturated heterocycles. The minimum Gasteiger partial charge on any atom is -0.347 e. The molecule has 0 spiro atoms. The number of carbonyl (C=O) groups excluding carboxylic acids is 1. The number of nitrogens with one attached hydrogen (secondary N) is 2. The van der Waals surface area contributed by atoms with E-state index in [9.17, 15) is 4.79 Å². The Kier molecular flexibility index (Phi) is 3.64. The largest absolute Gasteiger partial charge is 0.347 e. The highest BCUT2D eigenvalue weighted by Gasteiger charge is 2.39. The predicted molar refractivity (Wildman–Crippen MR) is 88.4 cm³/mol. The van der Waals surface area contributed by atoms with Crippen molar-refractivity contribution in [1.29, 1.82) is 0 Å². The molecule has 2 aliphatic rings. The average Bonchev–Trinajstić information content (AvgIpc) is 3.23. The molecule has 2 aromatic rings. The molecule has 3 atom stereocenters. The highest BCUT2D eigenvalue weighted by atomic mass is 35.5. The number of amides is 1. The fourth-order valence-corrected chi connectivity index (χ4v) is 4.40. The van der Waals surface area contributed by atoms with Crippen molar-refractivity contribution in [3.63, 3.8) is 0 Å². The number of pyridine rings is 1. The topological polar surface area (TPSA) is 54.0 Å². The highest BCUT2D eigenvalue weighted by Crippen LogP contribution is 2.30. The van der Waals surface area contributed by atoms with Crippen LogP contribution in [0.5, 0.6) is 0 Å². The van der Waals surface area contributed by atoms with E-state index in [2.05, 4.69) is 15.6 Å². The lowest BCUT2D eigenvalue weighted by Crippen LogP contribution is -2.42. The van der Waals surface area contributed by atoms with Crippen LogP contribution >= 0.6 is 22.9 Å². The van der Waals surface area contributed by atoms with Crippen LogP contribution in [0, 0.1) is 0 Å². The summed E-state index contributed by atoms with van der Waals surface area (Å²) in [5.74, 6) is 0.0117. The van der Waals surface area contributed by atoms with Gasteiger partial charge >= 0.3 is 0 Å². The maximum Gasteiger partial charge on any atom is 0.261 e. The van der Waals surface area contributed by atoms with Gasteiger partial charge in [-0.05, 0) is 43.5 Å². The van der Waals surface area contributed by atoms with Gasteiger partial charge in [0.05, 0.1) is 15.4 Å². The molecule has 2 fully saturated rings. The molecule has 2 aliphatic heterocycles. The summed E-state index contributed by atoms with van der Waals surface area (Å²) in [5, 5.41) is 7.35. The quantitative estimate of drug-likeness (QED) is 0.907. The van der Waals surface area contributed by atoms with E-state index in [-0.39, 0.29) is 11.9 Å². The van der Waals surface area contributed by atoms with E-state index >= 15 is 0 Å². The Morgan fingerprint density at radius 3 is 3.00 bits per heavy atom. The minimum atomic E-state index is 0.0117. The van der Waals surface area contributed by atoms with Crippen molar-refractivity contribution in [3.05, 3.63) is 40.4 Å². The summed E-state index contributed by atoms with van der Waals surface area (Å²) in [6, 6.07) is 8.65. The number of nitrogens with zero attached hydrogens (tertiary/aromatic N) is 1. The van der Waals surface area contributed by atoms with Gasteiger partial charge in [0, 0.05) is 29.3 Å². The van der Waals surface area contributed by atoms with Crippen LogP contribution in [0.1, 0.15) is 28.9 Å². The third-order valence-corrected chi connectivity index (χ3v) is 5.76. The van der Waals surface area contributed by atoms with Crippen molar-refractivity contribution in [3.8, 4) is 10.6 Å². The monoisotopic (exact) mass is 333 g/mol. The van der Waals surface area contributed by atoms with E-state index in [1.165, 1.54) is 17.8 Å². The lowest BCUT2D eigenvalue weighted by atomic mass is 9.95. The summed E-state index contributed by atoms with van der Waals surface area (Å²) in [6.45, 7) is 0. The van der Waals surface area contributed by atoms with Crippen LogP contribution in [0.2, 0.25) is 5.02 Å².